The van der Waals surface area contributed by atoms with E-state index in [2.05, 4.69) is 44.6 Å². The van der Waals surface area contributed by atoms with Gasteiger partial charge in [0.25, 0.3) is 5.91 Å². The first-order chi connectivity index (χ1) is 15.3. The van der Waals surface area contributed by atoms with Gasteiger partial charge in [0.15, 0.2) is 11.5 Å². The van der Waals surface area contributed by atoms with E-state index < -0.39 is 5.82 Å². The van der Waals surface area contributed by atoms with E-state index in [1.165, 1.54) is 10.9 Å². The van der Waals surface area contributed by atoms with Gasteiger partial charge in [-0.15, -0.1) is 0 Å². The van der Waals surface area contributed by atoms with Crippen LogP contribution < -0.4 is 15.5 Å². The van der Waals surface area contributed by atoms with E-state index in [4.69, 9.17) is 0 Å². The van der Waals surface area contributed by atoms with Gasteiger partial charge < -0.3 is 19.9 Å². The Morgan fingerprint density at radius 2 is 1.88 bits per heavy atom. The van der Waals surface area contributed by atoms with Crippen molar-refractivity contribution in [2.75, 3.05) is 23.3 Å². The molecule has 1 amide bonds. The van der Waals surface area contributed by atoms with Crippen LogP contribution in [0.2, 0.25) is 0 Å². The van der Waals surface area contributed by atoms with Crippen molar-refractivity contribution in [3.63, 3.8) is 0 Å². The summed E-state index contributed by atoms with van der Waals surface area (Å²) in [7, 11) is 1.74. The van der Waals surface area contributed by atoms with E-state index in [0.29, 0.717) is 40.1 Å². The number of benzene rings is 1. The smallest absolute Gasteiger partial charge is 0.258 e. The van der Waals surface area contributed by atoms with E-state index in [9.17, 15) is 9.18 Å². The van der Waals surface area contributed by atoms with Crippen LogP contribution in [0.4, 0.5) is 15.8 Å². The number of hydrogen-bond acceptors (Lipinski definition) is 6. The maximum atomic E-state index is 14.4. The van der Waals surface area contributed by atoms with E-state index in [1.807, 2.05) is 6.07 Å². The predicted octanol–water partition coefficient (Wildman–Crippen LogP) is 2.50. The van der Waals surface area contributed by atoms with Crippen LogP contribution in [0, 0.1) is 12.7 Å². The van der Waals surface area contributed by atoms with Crippen molar-refractivity contribution in [1.82, 2.24) is 29.7 Å². The number of carbonyl (C=O) groups is 1. The molecule has 9 nitrogen and oxygen atoms in total. The van der Waals surface area contributed by atoms with Gasteiger partial charge in [-0.05, 0) is 32.9 Å². The van der Waals surface area contributed by atoms with Crippen molar-refractivity contribution in [2.24, 2.45) is 7.05 Å². The maximum Gasteiger partial charge on any atom is 0.258 e. The van der Waals surface area contributed by atoms with Gasteiger partial charge in [0, 0.05) is 50.7 Å². The Bertz CT molecular complexity index is 1330. The quantitative estimate of drug-likeness (QED) is 0.513. The number of hydrogen-bond donors (Lipinski definition) is 2. The largest absolute Gasteiger partial charge is 0.367 e. The summed E-state index contributed by atoms with van der Waals surface area (Å²) in [6, 6.07) is 5.62. The molecule has 1 fully saturated rings. The Kier molecular flexibility index (Phi) is 4.81. The molecule has 1 aromatic carbocycles. The average molecular weight is 436 g/mol. The van der Waals surface area contributed by atoms with Gasteiger partial charge in [-0.1, -0.05) is 0 Å². The van der Waals surface area contributed by atoms with Gasteiger partial charge in [0.2, 0.25) is 0 Å². The molecule has 5 rings (SSSR count). The van der Waals surface area contributed by atoms with Crippen molar-refractivity contribution in [1.29, 1.82) is 0 Å². The highest BCUT2D eigenvalue weighted by atomic mass is 19.1. The lowest BCUT2D eigenvalue weighted by Crippen LogP contribution is -2.54. The summed E-state index contributed by atoms with van der Waals surface area (Å²) in [6.07, 6.45) is 3.35. The number of imidazole rings is 1. The van der Waals surface area contributed by atoms with Gasteiger partial charge in [-0.2, -0.15) is 15.0 Å². The van der Waals surface area contributed by atoms with Gasteiger partial charge in [-0.25, -0.2) is 9.37 Å². The molecule has 0 radical (unpaired) electrons. The van der Waals surface area contributed by atoms with Crippen molar-refractivity contribution in [3.8, 4) is 0 Å². The fourth-order valence-corrected chi connectivity index (χ4v) is 4.49. The van der Waals surface area contributed by atoms with Crippen molar-refractivity contribution in [3.05, 3.63) is 47.7 Å². The van der Waals surface area contributed by atoms with Gasteiger partial charge >= 0.3 is 0 Å². The lowest BCUT2D eigenvalue weighted by atomic mass is 10.1. The van der Waals surface area contributed by atoms with Gasteiger partial charge in [-0.3, -0.25) is 4.79 Å². The molecule has 10 heteroatoms. The fourth-order valence-electron chi connectivity index (χ4n) is 4.49. The van der Waals surface area contributed by atoms with E-state index in [0.717, 1.165) is 18.8 Å². The molecule has 32 heavy (non-hydrogen) atoms. The molecule has 1 saturated heterocycles. The zero-order valence-corrected chi connectivity index (χ0v) is 18.4. The second-order valence-corrected chi connectivity index (χ2v) is 8.54. The minimum absolute atomic E-state index is 0.223. The summed E-state index contributed by atoms with van der Waals surface area (Å²) >= 11 is 0. The number of pyridine rings is 1. The third-order valence-corrected chi connectivity index (χ3v) is 5.65. The molecule has 3 aromatic heterocycles. The van der Waals surface area contributed by atoms with Crippen molar-refractivity contribution in [2.45, 2.75) is 32.9 Å². The number of halogens is 1. The van der Waals surface area contributed by atoms with Crippen LogP contribution in [-0.2, 0) is 7.05 Å². The number of nitrogens with one attached hydrogen (secondary N) is 2. The van der Waals surface area contributed by atoms with E-state index in [1.54, 1.807) is 36.8 Å². The van der Waals surface area contributed by atoms with Crippen LogP contribution in [-0.4, -0.2) is 55.5 Å². The number of anilines is 2. The standard InChI is InChI=1S/C22H25FN8O/c1-12-8-30(9-13(2)24-12)18-6-5-16(19-20(18)28-29(4)27-19)22(32)26-15-7-17(23)21-25-14(3)10-31(21)11-15/h5-7,10-13,24H,8-9H2,1-4H3,(H,26,32)/t12-,13+. The SMILES string of the molecule is Cc1cn2cc(NC(=O)c3ccc(N4C[C@@H](C)N[C@@H](C)C4)c4nn(C)nc34)cc(F)c2n1. The van der Waals surface area contributed by atoms with Crippen LogP contribution in [0.3, 0.4) is 0 Å². The minimum Gasteiger partial charge on any atom is -0.367 e. The molecule has 166 valence electrons. The first kappa shape index (κ1) is 20.4. The van der Waals surface area contributed by atoms with E-state index >= 15 is 0 Å². The van der Waals surface area contributed by atoms with Crippen LogP contribution in [0.1, 0.15) is 29.9 Å². The Labute approximate surface area is 184 Å². The number of aryl methyl sites for hydroxylation is 2. The number of fused-ring (bicyclic) bond motifs is 2. The molecule has 0 aliphatic carbocycles. The summed E-state index contributed by atoms with van der Waals surface area (Å²) < 4.78 is 16.0. The fraction of sp³-hybridized carbons (Fsp3) is 0.364. The molecular weight excluding hydrogens is 411 g/mol. The van der Waals surface area contributed by atoms with Crippen LogP contribution in [0.5, 0.6) is 0 Å². The zero-order chi connectivity index (χ0) is 22.6. The number of nitrogens with zero attached hydrogens (tertiary/aromatic N) is 6. The maximum absolute atomic E-state index is 14.4. The molecule has 1 aliphatic heterocycles. The van der Waals surface area contributed by atoms with Crippen LogP contribution >= 0.6 is 0 Å². The Morgan fingerprint density at radius 3 is 2.62 bits per heavy atom. The van der Waals surface area contributed by atoms with E-state index in [-0.39, 0.29) is 11.6 Å². The normalized spacial score (nSPS) is 19.1. The lowest BCUT2D eigenvalue weighted by molar-refractivity contribution is 0.102. The highest BCUT2D eigenvalue weighted by Crippen LogP contribution is 2.29. The van der Waals surface area contributed by atoms with Crippen molar-refractivity contribution < 1.29 is 9.18 Å². The highest BCUT2D eigenvalue weighted by Gasteiger charge is 2.25. The molecule has 1 aliphatic rings. The number of piperazine rings is 1. The number of carbonyl (C=O) groups excluding carboxylic acids is 1. The first-order valence-corrected chi connectivity index (χ1v) is 10.6. The summed E-state index contributed by atoms with van der Waals surface area (Å²) in [5.41, 5.74) is 3.78. The summed E-state index contributed by atoms with van der Waals surface area (Å²) in [5.74, 6) is -0.877. The number of aromatic nitrogens is 5. The molecule has 2 atom stereocenters. The second-order valence-electron chi connectivity index (χ2n) is 8.54. The molecular formula is C22H25FN8O. The van der Waals surface area contributed by atoms with Gasteiger partial charge in [0.1, 0.15) is 11.0 Å². The first-order valence-electron chi connectivity index (χ1n) is 10.6. The summed E-state index contributed by atoms with van der Waals surface area (Å²) in [5, 5.41) is 15.3. The molecule has 0 saturated carbocycles. The Morgan fingerprint density at radius 1 is 1.16 bits per heavy atom. The average Bonchev–Trinajstić information content (AvgIpc) is 3.28. The Balaban J connectivity index is 1.50. The van der Waals surface area contributed by atoms with Crippen molar-refractivity contribution >= 4 is 34.0 Å². The molecule has 2 N–H and O–H groups in total. The minimum atomic E-state index is -0.502. The molecule has 0 unspecified atom stereocenters. The van der Waals surface area contributed by atoms with Crippen LogP contribution in [0.25, 0.3) is 16.7 Å². The Hall–Kier alpha value is -3.53. The topological polar surface area (TPSA) is 92.4 Å². The third-order valence-electron chi connectivity index (χ3n) is 5.65. The molecule has 0 spiro atoms. The monoisotopic (exact) mass is 436 g/mol. The second kappa shape index (κ2) is 7.56. The molecule has 4 heterocycles. The number of amides is 1. The zero-order valence-electron chi connectivity index (χ0n) is 18.4. The number of rotatable bonds is 3. The van der Waals surface area contributed by atoms with Gasteiger partial charge in [0.05, 0.1) is 22.6 Å². The van der Waals surface area contributed by atoms with Crippen LogP contribution in [0.15, 0.2) is 30.6 Å². The predicted molar refractivity (Wildman–Crippen MR) is 121 cm³/mol. The molecule has 0 bridgehead atoms. The third kappa shape index (κ3) is 3.56. The highest BCUT2D eigenvalue weighted by molar-refractivity contribution is 6.13. The summed E-state index contributed by atoms with van der Waals surface area (Å²) in [6.45, 7) is 7.76. The molecule has 4 aromatic rings. The summed E-state index contributed by atoms with van der Waals surface area (Å²) in [4.78, 5) is 21.0. The lowest BCUT2D eigenvalue weighted by Gasteiger charge is -2.37.